The Kier molecular flexibility index (Phi) is 4.07. The van der Waals surface area contributed by atoms with Crippen LogP contribution in [0.5, 0.6) is 0 Å². The normalized spacial score (nSPS) is 23.4. The van der Waals surface area contributed by atoms with Gasteiger partial charge in [0.1, 0.15) is 5.82 Å². The van der Waals surface area contributed by atoms with Gasteiger partial charge >= 0.3 is 6.09 Å². The molecule has 2 aliphatic rings. The zero-order chi connectivity index (χ0) is 14.8. The number of nitrogens with one attached hydrogen (secondary N) is 2. The molecule has 0 saturated carbocycles. The van der Waals surface area contributed by atoms with Crippen LogP contribution in [-0.2, 0) is 4.74 Å². The van der Waals surface area contributed by atoms with E-state index in [2.05, 4.69) is 10.6 Å². The van der Waals surface area contributed by atoms with Gasteiger partial charge in [-0.25, -0.2) is 9.18 Å². The van der Waals surface area contributed by atoms with Gasteiger partial charge in [-0.05, 0) is 51.0 Å². The van der Waals surface area contributed by atoms with Crippen LogP contribution >= 0.6 is 0 Å². The van der Waals surface area contributed by atoms with Gasteiger partial charge < -0.3 is 10.1 Å². The molecule has 5 nitrogen and oxygen atoms in total. The predicted molar refractivity (Wildman–Crippen MR) is 77.9 cm³/mol. The molecule has 1 aromatic carbocycles. The third-order valence-electron chi connectivity index (χ3n) is 4.20. The first-order valence-corrected chi connectivity index (χ1v) is 7.35. The molecule has 2 saturated heterocycles. The molecule has 2 N–H and O–H groups in total. The Labute approximate surface area is 123 Å². The number of nitrogens with zero attached hydrogens (tertiary/aromatic N) is 1. The molecule has 21 heavy (non-hydrogen) atoms. The Bertz CT molecular complexity index is 532. The summed E-state index contributed by atoms with van der Waals surface area (Å²) < 4.78 is 19.6. The predicted octanol–water partition coefficient (Wildman–Crippen LogP) is 1.79. The van der Waals surface area contributed by atoms with E-state index in [1.165, 1.54) is 11.0 Å². The number of anilines is 1. The van der Waals surface area contributed by atoms with Crippen LogP contribution in [0.15, 0.2) is 18.2 Å². The minimum absolute atomic E-state index is 0.142. The largest absolute Gasteiger partial charge is 0.428 e. The van der Waals surface area contributed by atoms with Gasteiger partial charge in [-0.3, -0.25) is 10.2 Å². The van der Waals surface area contributed by atoms with Crippen LogP contribution in [0, 0.1) is 5.82 Å². The summed E-state index contributed by atoms with van der Waals surface area (Å²) in [4.78, 5) is 13.5. The van der Waals surface area contributed by atoms with E-state index in [9.17, 15) is 9.18 Å². The number of cyclic esters (lactones) is 1. The van der Waals surface area contributed by atoms with Gasteiger partial charge in [0.15, 0.2) is 6.23 Å². The highest BCUT2D eigenvalue weighted by Crippen LogP contribution is 2.36. The van der Waals surface area contributed by atoms with Gasteiger partial charge in [0.05, 0.1) is 12.2 Å². The highest BCUT2D eigenvalue weighted by atomic mass is 19.1. The molecule has 1 amide bonds. The van der Waals surface area contributed by atoms with Crippen molar-refractivity contribution >= 4 is 11.8 Å². The lowest BCUT2D eigenvalue weighted by atomic mass is 9.88. The van der Waals surface area contributed by atoms with Crippen molar-refractivity contribution in [3.8, 4) is 0 Å². The lowest BCUT2D eigenvalue weighted by Gasteiger charge is -2.27. The van der Waals surface area contributed by atoms with E-state index in [0.717, 1.165) is 25.9 Å². The molecule has 3 rings (SSSR count). The Balaban J connectivity index is 1.95. The molecule has 0 spiro atoms. The van der Waals surface area contributed by atoms with Crippen LogP contribution < -0.4 is 15.5 Å². The smallest absolute Gasteiger partial charge is 0.416 e. The first-order valence-electron chi connectivity index (χ1n) is 7.35. The van der Waals surface area contributed by atoms with Crippen LogP contribution in [0.2, 0.25) is 0 Å². The number of piperidine rings is 1. The molecule has 114 valence electrons. The van der Waals surface area contributed by atoms with Gasteiger partial charge in [-0.1, -0.05) is 6.07 Å². The van der Waals surface area contributed by atoms with Crippen molar-refractivity contribution in [3.05, 3.63) is 29.6 Å². The lowest BCUT2D eigenvalue weighted by molar-refractivity contribution is 0.128. The molecule has 6 heteroatoms. The summed E-state index contributed by atoms with van der Waals surface area (Å²) in [7, 11) is 1.74. The standard InChI is InChI=1S/C15H20FN3O2/c1-17-13-9-19(15(20)21-13)12-4-2-3-11(16)14(12)10-5-7-18-8-6-10/h2-4,10,13,17-18H,5-9H2,1H3/t13-/m0/s1. The van der Waals surface area contributed by atoms with Crippen LogP contribution in [0.25, 0.3) is 0 Å². The SMILES string of the molecule is CN[C@@H]1CN(c2cccc(F)c2C2CCNCC2)C(=O)O1. The first kappa shape index (κ1) is 14.3. The summed E-state index contributed by atoms with van der Waals surface area (Å²) in [5.41, 5.74) is 1.29. The second kappa shape index (κ2) is 5.99. The second-order valence-electron chi connectivity index (χ2n) is 5.47. The maximum Gasteiger partial charge on any atom is 0.416 e. The molecule has 1 aromatic rings. The fourth-order valence-corrected chi connectivity index (χ4v) is 3.09. The quantitative estimate of drug-likeness (QED) is 0.892. The molecule has 0 unspecified atom stereocenters. The number of carbonyl (C=O) groups is 1. The molecular formula is C15H20FN3O2. The molecule has 2 heterocycles. The van der Waals surface area contributed by atoms with E-state index < -0.39 is 6.09 Å². The van der Waals surface area contributed by atoms with E-state index in [-0.39, 0.29) is 18.0 Å². The van der Waals surface area contributed by atoms with E-state index in [0.29, 0.717) is 17.8 Å². The van der Waals surface area contributed by atoms with Crippen molar-refractivity contribution in [3.63, 3.8) is 0 Å². The Hall–Kier alpha value is -1.66. The van der Waals surface area contributed by atoms with Crippen molar-refractivity contribution in [2.24, 2.45) is 0 Å². The van der Waals surface area contributed by atoms with Crippen molar-refractivity contribution in [1.82, 2.24) is 10.6 Å². The van der Waals surface area contributed by atoms with E-state index in [1.54, 1.807) is 19.2 Å². The number of rotatable bonds is 3. The maximum absolute atomic E-state index is 14.4. The summed E-state index contributed by atoms with van der Waals surface area (Å²) in [6.07, 6.45) is 0.996. The zero-order valence-corrected chi connectivity index (χ0v) is 12.1. The molecular weight excluding hydrogens is 273 g/mol. The molecule has 1 atom stereocenters. The van der Waals surface area contributed by atoms with Gasteiger partial charge in [0, 0.05) is 5.56 Å². The Morgan fingerprint density at radius 3 is 2.81 bits per heavy atom. The summed E-state index contributed by atoms with van der Waals surface area (Å²) in [5, 5.41) is 6.20. The van der Waals surface area contributed by atoms with E-state index in [1.807, 2.05) is 0 Å². The van der Waals surface area contributed by atoms with E-state index in [4.69, 9.17) is 4.74 Å². The molecule has 2 aliphatic heterocycles. The molecule has 0 aromatic heterocycles. The second-order valence-corrected chi connectivity index (χ2v) is 5.47. The summed E-state index contributed by atoms with van der Waals surface area (Å²) >= 11 is 0. The average Bonchev–Trinajstić information content (AvgIpc) is 2.89. The topological polar surface area (TPSA) is 53.6 Å². The summed E-state index contributed by atoms with van der Waals surface area (Å²) in [5.74, 6) is -0.0935. The van der Waals surface area contributed by atoms with Gasteiger partial charge in [0.25, 0.3) is 0 Å². The summed E-state index contributed by atoms with van der Waals surface area (Å²) in [6, 6.07) is 4.92. The fourth-order valence-electron chi connectivity index (χ4n) is 3.09. The highest BCUT2D eigenvalue weighted by molar-refractivity contribution is 5.90. The highest BCUT2D eigenvalue weighted by Gasteiger charge is 2.34. The molecule has 0 radical (unpaired) electrons. The molecule has 0 aliphatic carbocycles. The Morgan fingerprint density at radius 2 is 2.14 bits per heavy atom. The van der Waals surface area contributed by atoms with Gasteiger partial charge in [-0.2, -0.15) is 0 Å². The van der Waals surface area contributed by atoms with Crippen LogP contribution in [-0.4, -0.2) is 39.0 Å². The minimum atomic E-state index is -0.421. The van der Waals surface area contributed by atoms with Gasteiger partial charge in [-0.15, -0.1) is 0 Å². The number of ether oxygens (including phenoxy) is 1. The minimum Gasteiger partial charge on any atom is -0.428 e. The third kappa shape index (κ3) is 2.73. The third-order valence-corrected chi connectivity index (χ3v) is 4.20. The zero-order valence-electron chi connectivity index (χ0n) is 12.1. The number of amides is 1. The Morgan fingerprint density at radius 1 is 1.38 bits per heavy atom. The van der Waals surface area contributed by atoms with E-state index >= 15 is 0 Å². The first-order chi connectivity index (χ1) is 10.2. The number of likely N-dealkylation sites (N-methyl/N-ethyl adjacent to an activating group) is 1. The number of halogens is 1. The molecule has 2 fully saturated rings. The number of benzene rings is 1. The lowest BCUT2D eigenvalue weighted by Crippen LogP contribution is -2.32. The number of carbonyl (C=O) groups excluding carboxylic acids is 1. The maximum atomic E-state index is 14.4. The van der Waals surface area contributed by atoms with Crippen LogP contribution in [0.4, 0.5) is 14.9 Å². The van der Waals surface area contributed by atoms with Gasteiger partial charge in [0.2, 0.25) is 0 Å². The monoisotopic (exact) mass is 293 g/mol. The van der Waals surface area contributed by atoms with Crippen LogP contribution in [0.1, 0.15) is 24.3 Å². The van der Waals surface area contributed by atoms with Crippen molar-refractivity contribution in [2.75, 3.05) is 31.6 Å². The van der Waals surface area contributed by atoms with Crippen molar-refractivity contribution < 1.29 is 13.9 Å². The van der Waals surface area contributed by atoms with Crippen LogP contribution in [0.3, 0.4) is 0 Å². The average molecular weight is 293 g/mol. The fraction of sp³-hybridized carbons (Fsp3) is 0.533. The summed E-state index contributed by atoms with van der Waals surface area (Å²) in [6.45, 7) is 2.15. The number of hydrogen-bond donors (Lipinski definition) is 2. The molecule has 0 bridgehead atoms. The number of hydrogen-bond acceptors (Lipinski definition) is 4. The van der Waals surface area contributed by atoms with Crippen molar-refractivity contribution in [1.29, 1.82) is 0 Å². The van der Waals surface area contributed by atoms with Crippen molar-refractivity contribution in [2.45, 2.75) is 25.0 Å².